The Bertz CT molecular complexity index is 1290. The first kappa shape index (κ1) is 22.1. The predicted molar refractivity (Wildman–Crippen MR) is 135 cm³/mol. The van der Waals surface area contributed by atoms with Crippen molar-refractivity contribution in [2.75, 3.05) is 23.7 Å². The van der Waals surface area contributed by atoms with Crippen molar-refractivity contribution in [3.8, 4) is 0 Å². The van der Waals surface area contributed by atoms with Gasteiger partial charge in [0.15, 0.2) is 0 Å². The van der Waals surface area contributed by atoms with Crippen LogP contribution in [0.2, 0.25) is 0 Å². The molecule has 1 aliphatic heterocycles. The number of nitrogens with zero attached hydrogens (tertiary/aromatic N) is 5. The molecule has 4 heterocycles. The number of anilines is 2. The van der Waals surface area contributed by atoms with E-state index in [2.05, 4.69) is 48.1 Å². The molecule has 3 aliphatic rings. The van der Waals surface area contributed by atoms with Gasteiger partial charge in [0, 0.05) is 31.2 Å². The third kappa shape index (κ3) is 4.05. The van der Waals surface area contributed by atoms with Gasteiger partial charge >= 0.3 is 0 Å². The number of hydrogen-bond donors (Lipinski definition) is 2. The van der Waals surface area contributed by atoms with Gasteiger partial charge in [0.2, 0.25) is 0 Å². The summed E-state index contributed by atoms with van der Waals surface area (Å²) < 4.78 is 1.88. The van der Waals surface area contributed by atoms with Crippen molar-refractivity contribution < 1.29 is 4.79 Å². The quantitative estimate of drug-likeness (QED) is 0.569. The lowest BCUT2D eigenvalue weighted by Gasteiger charge is -2.20. The Kier molecular flexibility index (Phi) is 5.27. The van der Waals surface area contributed by atoms with Crippen molar-refractivity contribution in [2.24, 2.45) is 11.8 Å². The summed E-state index contributed by atoms with van der Waals surface area (Å²) in [5, 5.41) is 8.02. The Morgan fingerprint density at radius 2 is 2.03 bits per heavy atom. The number of rotatable bonds is 6. The van der Waals surface area contributed by atoms with E-state index in [1.54, 1.807) is 6.20 Å². The largest absolute Gasteiger partial charge is 0.383 e. The lowest BCUT2D eigenvalue weighted by molar-refractivity contribution is 0.0935. The van der Waals surface area contributed by atoms with Gasteiger partial charge < -0.3 is 16.0 Å². The van der Waals surface area contributed by atoms with Crippen LogP contribution in [0.25, 0.3) is 0 Å². The van der Waals surface area contributed by atoms with E-state index in [4.69, 9.17) is 15.8 Å². The molecule has 1 saturated carbocycles. The number of hydrogen-bond acceptors (Lipinski definition) is 6. The molecule has 0 bridgehead atoms. The Hall–Kier alpha value is -3.42. The minimum Gasteiger partial charge on any atom is -0.383 e. The highest BCUT2D eigenvalue weighted by Crippen LogP contribution is 2.46. The molecule has 2 aliphatic carbocycles. The number of aromatic nitrogens is 4. The second kappa shape index (κ2) is 8.36. The fourth-order valence-electron chi connectivity index (χ4n) is 5.75. The number of nitrogens with one attached hydrogen (secondary N) is 1. The number of aryl methyl sites for hydroxylation is 1. The SMILES string of the molecule is Cc1nc(N2CC3CC3C2)ccc1Cn1cc(C(=O)N[C@@H]2CCc3c2ccnc3N)c(C(C)C)n1. The highest BCUT2D eigenvalue weighted by molar-refractivity contribution is 5.95. The number of nitrogen functional groups attached to an aromatic ring is 1. The van der Waals surface area contributed by atoms with E-state index < -0.39 is 0 Å². The Balaban J connectivity index is 1.20. The molecular weight excluding hydrogens is 438 g/mol. The monoisotopic (exact) mass is 471 g/mol. The lowest BCUT2D eigenvalue weighted by Crippen LogP contribution is -2.27. The number of piperidine rings is 1. The van der Waals surface area contributed by atoms with Crippen LogP contribution < -0.4 is 16.0 Å². The van der Waals surface area contributed by atoms with E-state index in [-0.39, 0.29) is 17.9 Å². The normalized spacial score (nSPS) is 22.4. The molecule has 1 amide bonds. The number of pyridine rings is 2. The predicted octanol–water partition coefficient (Wildman–Crippen LogP) is 3.61. The van der Waals surface area contributed by atoms with E-state index in [1.165, 1.54) is 6.42 Å². The number of nitrogens with two attached hydrogens (primary N) is 1. The molecule has 1 saturated heterocycles. The van der Waals surface area contributed by atoms with Crippen molar-refractivity contribution in [1.82, 2.24) is 25.1 Å². The summed E-state index contributed by atoms with van der Waals surface area (Å²) >= 11 is 0. The van der Waals surface area contributed by atoms with E-state index in [1.807, 2.05) is 16.9 Å². The molecule has 182 valence electrons. The second-order valence-electron chi connectivity index (χ2n) is 10.7. The summed E-state index contributed by atoms with van der Waals surface area (Å²) in [6, 6.07) is 6.19. The highest BCUT2D eigenvalue weighted by Gasteiger charge is 2.45. The number of amides is 1. The van der Waals surface area contributed by atoms with Gasteiger partial charge in [-0.15, -0.1) is 0 Å². The average molecular weight is 472 g/mol. The van der Waals surface area contributed by atoms with E-state index in [0.717, 1.165) is 71.7 Å². The van der Waals surface area contributed by atoms with Gasteiger partial charge in [0.25, 0.3) is 5.91 Å². The van der Waals surface area contributed by atoms with Crippen molar-refractivity contribution in [3.63, 3.8) is 0 Å². The summed E-state index contributed by atoms with van der Waals surface area (Å²) in [5.41, 5.74) is 11.7. The molecular formula is C27H33N7O. The molecule has 3 atom stereocenters. The minimum absolute atomic E-state index is 0.0539. The van der Waals surface area contributed by atoms with Crippen LogP contribution in [-0.2, 0) is 13.0 Å². The van der Waals surface area contributed by atoms with Gasteiger partial charge in [0.1, 0.15) is 11.6 Å². The number of carbonyl (C=O) groups is 1. The van der Waals surface area contributed by atoms with Crippen molar-refractivity contribution in [2.45, 2.75) is 58.5 Å². The van der Waals surface area contributed by atoms with Crippen LogP contribution in [0.4, 0.5) is 11.6 Å². The fraction of sp³-hybridized carbons (Fsp3) is 0.481. The van der Waals surface area contributed by atoms with Crippen LogP contribution in [-0.4, -0.2) is 38.7 Å². The first-order chi connectivity index (χ1) is 16.9. The van der Waals surface area contributed by atoms with Crippen LogP contribution in [0.5, 0.6) is 0 Å². The maximum absolute atomic E-state index is 13.3. The Labute approximate surface area is 205 Å². The zero-order valence-electron chi connectivity index (χ0n) is 20.7. The highest BCUT2D eigenvalue weighted by atomic mass is 16.1. The topological polar surface area (TPSA) is 102 Å². The molecule has 8 heteroatoms. The molecule has 2 unspecified atom stereocenters. The fourth-order valence-corrected chi connectivity index (χ4v) is 5.75. The third-order valence-electron chi connectivity index (χ3n) is 7.89. The van der Waals surface area contributed by atoms with Crippen LogP contribution in [0, 0.1) is 18.8 Å². The molecule has 0 aromatic carbocycles. The van der Waals surface area contributed by atoms with Crippen molar-refractivity contribution >= 4 is 17.5 Å². The van der Waals surface area contributed by atoms with E-state index in [9.17, 15) is 4.79 Å². The van der Waals surface area contributed by atoms with Crippen LogP contribution >= 0.6 is 0 Å². The molecule has 6 rings (SSSR count). The van der Waals surface area contributed by atoms with Crippen molar-refractivity contribution in [3.05, 3.63) is 64.2 Å². The second-order valence-corrected chi connectivity index (χ2v) is 10.7. The minimum atomic E-state index is -0.0917. The van der Waals surface area contributed by atoms with Crippen LogP contribution in [0.3, 0.4) is 0 Å². The summed E-state index contributed by atoms with van der Waals surface area (Å²) in [5.74, 6) is 3.45. The molecule has 3 aromatic rings. The van der Waals surface area contributed by atoms with E-state index in [0.29, 0.717) is 17.9 Å². The number of fused-ring (bicyclic) bond motifs is 2. The van der Waals surface area contributed by atoms with Gasteiger partial charge in [-0.3, -0.25) is 9.48 Å². The molecule has 2 fully saturated rings. The number of carbonyl (C=O) groups excluding carboxylic acids is 1. The van der Waals surface area contributed by atoms with Crippen molar-refractivity contribution in [1.29, 1.82) is 0 Å². The smallest absolute Gasteiger partial charge is 0.255 e. The molecule has 3 N–H and O–H groups in total. The molecule has 0 radical (unpaired) electrons. The zero-order chi connectivity index (χ0) is 24.3. The first-order valence-electron chi connectivity index (χ1n) is 12.7. The summed E-state index contributed by atoms with van der Waals surface area (Å²) in [6.07, 6.45) is 6.64. The summed E-state index contributed by atoms with van der Waals surface area (Å²) in [6.45, 7) is 9.08. The van der Waals surface area contributed by atoms with Gasteiger partial charge in [0.05, 0.1) is 23.8 Å². The first-order valence-corrected chi connectivity index (χ1v) is 12.7. The zero-order valence-corrected chi connectivity index (χ0v) is 20.7. The Morgan fingerprint density at radius 3 is 2.77 bits per heavy atom. The Morgan fingerprint density at radius 1 is 1.23 bits per heavy atom. The average Bonchev–Trinajstić information content (AvgIpc) is 3.19. The molecule has 3 aromatic heterocycles. The van der Waals surface area contributed by atoms with Gasteiger partial charge in [-0.2, -0.15) is 5.10 Å². The maximum atomic E-state index is 13.3. The maximum Gasteiger partial charge on any atom is 0.255 e. The standard InChI is InChI=1S/C27H33N7O/c1-15(2)25-22(27(35)31-23-6-5-21-20(23)8-9-29-26(21)28)14-34(32-25)13-17-4-7-24(30-16(17)3)33-11-18-10-19(18)12-33/h4,7-9,14-15,18-19,23H,5-6,10-13H2,1-3H3,(H2,28,29)(H,31,35)/t18?,19?,23-/m1/s1. The summed E-state index contributed by atoms with van der Waals surface area (Å²) in [7, 11) is 0. The molecule has 0 spiro atoms. The van der Waals surface area contributed by atoms with E-state index >= 15 is 0 Å². The summed E-state index contributed by atoms with van der Waals surface area (Å²) in [4.78, 5) is 24.8. The molecule has 35 heavy (non-hydrogen) atoms. The third-order valence-corrected chi connectivity index (χ3v) is 7.89. The van der Waals surface area contributed by atoms with Crippen LogP contribution in [0.15, 0.2) is 30.6 Å². The molecule has 8 nitrogen and oxygen atoms in total. The van der Waals surface area contributed by atoms with Crippen LogP contribution in [0.1, 0.15) is 77.1 Å². The van der Waals surface area contributed by atoms with Gasteiger partial charge in [-0.05, 0) is 72.8 Å². The van der Waals surface area contributed by atoms with Gasteiger partial charge in [-0.25, -0.2) is 9.97 Å². The lowest BCUT2D eigenvalue weighted by atomic mass is 10.0. The van der Waals surface area contributed by atoms with Gasteiger partial charge in [-0.1, -0.05) is 19.9 Å².